The number of rotatable bonds is 5. The van der Waals surface area contributed by atoms with Crippen molar-refractivity contribution in [3.63, 3.8) is 0 Å². The first-order valence-corrected chi connectivity index (χ1v) is 9.93. The summed E-state index contributed by atoms with van der Waals surface area (Å²) in [5.74, 6) is -2.17. The molecule has 3 rings (SSSR count). The van der Waals surface area contributed by atoms with Gasteiger partial charge in [0, 0.05) is 18.7 Å². The molecule has 2 heterocycles. The lowest BCUT2D eigenvalue weighted by Gasteiger charge is -2.33. The lowest BCUT2D eigenvalue weighted by atomic mass is 9.81. The van der Waals surface area contributed by atoms with Crippen molar-refractivity contribution in [2.75, 3.05) is 13.2 Å². The number of nitrogens with zero attached hydrogens (tertiary/aromatic N) is 2. The number of ether oxygens (including phenoxy) is 1. The highest BCUT2D eigenvalue weighted by atomic mass is 19.4. The van der Waals surface area contributed by atoms with Gasteiger partial charge in [0.2, 0.25) is 5.91 Å². The molecule has 0 radical (unpaired) electrons. The predicted molar refractivity (Wildman–Crippen MR) is 99.2 cm³/mol. The van der Waals surface area contributed by atoms with Crippen molar-refractivity contribution in [2.45, 2.75) is 57.7 Å². The van der Waals surface area contributed by atoms with Gasteiger partial charge in [-0.2, -0.15) is 13.2 Å². The van der Waals surface area contributed by atoms with Gasteiger partial charge >= 0.3 is 6.18 Å². The van der Waals surface area contributed by atoms with E-state index in [2.05, 4.69) is 4.98 Å². The van der Waals surface area contributed by atoms with Crippen LogP contribution in [-0.4, -0.2) is 47.1 Å². The number of aryl methyl sites for hydroxylation is 1. The highest BCUT2D eigenvalue weighted by molar-refractivity contribution is 5.93. The fraction of sp³-hybridized carbons (Fsp3) is 0.650. The van der Waals surface area contributed by atoms with Gasteiger partial charge in [-0.15, -0.1) is 0 Å². The topological polar surface area (TPSA) is 85.5 Å². The molecule has 29 heavy (non-hydrogen) atoms. The molecule has 1 aliphatic heterocycles. The van der Waals surface area contributed by atoms with Gasteiger partial charge in [0.05, 0.1) is 12.0 Å². The van der Waals surface area contributed by atoms with E-state index in [0.29, 0.717) is 6.54 Å². The molecule has 0 bridgehead atoms. The summed E-state index contributed by atoms with van der Waals surface area (Å²) < 4.78 is 44.4. The minimum atomic E-state index is -4.18. The van der Waals surface area contributed by atoms with E-state index < -0.39 is 18.0 Å². The number of carbonyl (C=O) groups excluding carboxylic acids is 2. The number of alkyl halides is 3. The van der Waals surface area contributed by atoms with Gasteiger partial charge < -0.3 is 15.4 Å². The Morgan fingerprint density at radius 2 is 1.93 bits per heavy atom. The Morgan fingerprint density at radius 1 is 1.24 bits per heavy atom. The van der Waals surface area contributed by atoms with E-state index >= 15 is 0 Å². The largest absolute Gasteiger partial charge is 0.489 e. The summed E-state index contributed by atoms with van der Waals surface area (Å²) >= 11 is 0. The molecule has 160 valence electrons. The Morgan fingerprint density at radius 3 is 2.55 bits per heavy atom. The standard InChI is InChI=1S/C20H26F3N3O3/c1-12-9-16(17(18(24)27)25-10-12)29-11-15-3-2-8-26(15)19(28)13-4-6-14(7-5-13)20(21,22)23/h9-10,13-15H,2-8,11H2,1H3,(H2,24,27)/t13-,14-,15-/m1/s1. The summed E-state index contributed by atoms with van der Waals surface area (Å²) in [6, 6.07) is 1.50. The SMILES string of the molecule is Cc1cnc(C(N)=O)c(OC[C@H]2CCCN2C(=O)[C@H]2CC[C@H](C(F)(F)F)CC2)c1. The number of likely N-dealkylation sites (tertiary alicyclic amines) is 1. The summed E-state index contributed by atoms with van der Waals surface area (Å²) in [4.78, 5) is 30.2. The monoisotopic (exact) mass is 413 g/mol. The van der Waals surface area contributed by atoms with Crippen LogP contribution in [-0.2, 0) is 4.79 Å². The first kappa shape index (κ1) is 21.4. The summed E-state index contributed by atoms with van der Waals surface area (Å²) in [6.07, 6.45) is -0.562. The second-order valence-electron chi connectivity index (χ2n) is 7.95. The van der Waals surface area contributed by atoms with E-state index in [9.17, 15) is 22.8 Å². The molecule has 2 aliphatic rings. The Kier molecular flexibility index (Phi) is 6.33. The molecule has 1 aromatic heterocycles. The van der Waals surface area contributed by atoms with Crippen LogP contribution in [0.5, 0.6) is 5.75 Å². The molecule has 0 aromatic carbocycles. The number of carbonyl (C=O) groups is 2. The van der Waals surface area contributed by atoms with E-state index in [1.54, 1.807) is 11.0 Å². The zero-order chi connectivity index (χ0) is 21.2. The van der Waals surface area contributed by atoms with E-state index in [1.165, 1.54) is 6.20 Å². The van der Waals surface area contributed by atoms with Gasteiger partial charge in [-0.1, -0.05) is 0 Å². The second-order valence-corrected chi connectivity index (χ2v) is 7.95. The van der Waals surface area contributed by atoms with Crippen LogP contribution in [0.15, 0.2) is 12.3 Å². The average molecular weight is 413 g/mol. The lowest BCUT2D eigenvalue weighted by molar-refractivity contribution is -0.185. The molecule has 1 aliphatic carbocycles. The maximum Gasteiger partial charge on any atom is 0.391 e. The number of pyridine rings is 1. The molecular formula is C20H26F3N3O3. The zero-order valence-corrected chi connectivity index (χ0v) is 16.4. The van der Waals surface area contributed by atoms with Crippen LogP contribution in [0.4, 0.5) is 13.2 Å². The molecule has 2 fully saturated rings. The summed E-state index contributed by atoms with van der Waals surface area (Å²) in [7, 11) is 0. The Bertz CT molecular complexity index is 761. The van der Waals surface area contributed by atoms with Crippen LogP contribution in [0.1, 0.15) is 54.6 Å². The van der Waals surface area contributed by atoms with Crippen molar-refractivity contribution in [1.29, 1.82) is 0 Å². The smallest absolute Gasteiger partial charge is 0.391 e. The highest BCUT2D eigenvalue weighted by Crippen LogP contribution is 2.40. The van der Waals surface area contributed by atoms with Crippen LogP contribution >= 0.6 is 0 Å². The van der Waals surface area contributed by atoms with Crippen molar-refractivity contribution in [3.05, 3.63) is 23.5 Å². The first-order chi connectivity index (χ1) is 13.7. The molecule has 0 spiro atoms. The van der Waals surface area contributed by atoms with Crippen LogP contribution < -0.4 is 10.5 Å². The quantitative estimate of drug-likeness (QED) is 0.803. The third-order valence-electron chi connectivity index (χ3n) is 5.85. The molecule has 2 N–H and O–H groups in total. The van der Waals surface area contributed by atoms with Crippen LogP contribution in [0.3, 0.4) is 0 Å². The van der Waals surface area contributed by atoms with Crippen molar-refractivity contribution in [3.8, 4) is 5.75 Å². The number of hydrogen-bond donors (Lipinski definition) is 1. The van der Waals surface area contributed by atoms with Gasteiger partial charge in [0.25, 0.3) is 5.91 Å². The first-order valence-electron chi connectivity index (χ1n) is 9.93. The Hall–Kier alpha value is -2.32. The number of halogens is 3. The number of aromatic nitrogens is 1. The number of nitrogens with two attached hydrogens (primary N) is 1. The minimum absolute atomic E-state index is 0.00580. The van der Waals surface area contributed by atoms with Crippen molar-refractivity contribution in [2.24, 2.45) is 17.6 Å². The maximum absolute atomic E-state index is 12.9. The normalized spacial score (nSPS) is 25.1. The molecular weight excluding hydrogens is 387 g/mol. The molecule has 6 nitrogen and oxygen atoms in total. The molecule has 0 unspecified atom stereocenters. The highest BCUT2D eigenvalue weighted by Gasteiger charge is 2.44. The lowest BCUT2D eigenvalue weighted by Crippen LogP contribution is -2.44. The molecule has 9 heteroatoms. The number of hydrogen-bond acceptors (Lipinski definition) is 4. The molecule has 1 saturated carbocycles. The van der Waals surface area contributed by atoms with Crippen LogP contribution in [0.2, 0.25) is 0 Å². The number of primary amides is 1. The van der Waals surface area contributed by atoms with E-state index in [-0.39, 0.29) is 61.6 Å². The van der Waals surface area contributed by atoms with E-state index in [1.807, 2.05) is 6.92 Å². The van der Waals surface area contributed by atoms with Crippen LogP contribution in [0.25, 0.3) is 0 Å². The van der Waals surface area contributed by atoms with E-state index in [0.717, 1.165) is 18.4 Å². The van der Waals surface area contributed by atoms with Gasteiger partial charge in [-0.25, -0.2) is 4.98 Å². The maximum atomic E-state index is 12.9. The van der Waals surface area contributed by atoms with Gasteiger partial charge in [0.1, 0.15) is 6.61 Å². The zero-order valence-electron chi connectivity index (χ0n) is 16.4. The van der Waals surface area contributed by atoms with Crippen molar-refractivity contribution in [1.82, 2.24) is 9.88 Å². The molecule has 1 saturated heterocycles. The predicted octanol–water partition coefficient (Wildman–Crippen LogP) is 3.23. The summed E-state index contributed by atoms with van der Waals surface area (Å²) in [5, 5.41) is 0. The Balaban J connectivity index is 1.60. The van der Waals surface area contributed by atoms with Gasteiger partial charge in [-0.05, 0) is 57.1 Å². The molecule has 1 atom stereocenters. The fourth-order valence-corrected chi connectivity index (χ4v) is 4.22. The summed E-state index contributed by atoms with van der Waals surface area (Å²) in [5.41, 5.74) is 6.19. The molecule has 2 amide bonds. The third-order valence-corrected chi connectivity index (χ3v) is 5.85. The van der Waals surface area contributed by atoms with Crippen molar-refractivity contribution < 1.29 is 27.5 Å². The second kappa shape index (κ2) is 8.59. The fourth-order valence-electron chi connectivity index (χ4n) is 4.22. The molecule has 1 aromatic rings. The van der Waals surface area contributed by atoms with Gasteiger partial charge in [-0.3, -0.25) is 9.59 Å². The van der Waals surface area contributed by atoms with Gasteiger partial charge in [0.15, 0.2) is 11.4 Å². The summed E-state index contributed by atoms with van der Waals surface area (Å²) in [6.45, 7) is 2.57. The van der Waals surface area contributed by atoms with Crippen LogP contribution in [0, 0.1) is 18.8 Å². The average Bonchev–Trinajstić information content (AvgIpc) is 3.13. The van der Waals surface area contributed by atoms with Crippen molar-refractivity contribution >= 4 is 11.8 Å². The Labute approximate surface area is 167 Å². The number of amides is 2. The minimum Gasteiger partial charge on any atom is -0.489 e. The third kappa shape index (κ3) is 5.00. The van der Waals surface area contributed by atoms with E-state index in [4.69, 9.17) is 10.5 Å².